The summed E-state index contributed by atoms with van der Waals surface area (Å²) in [6.07, 6.45) is -0.0954. The molecule has 4 nitrogen and oxygen atoms in total. The van der Waals surface area contributed by atoms with Gasteiger partial charge in [0.1, 0.15) is 6.61 Å². The Balaban J connectivity index is 3.49. The van der Waals surface area contributed by atoms with Crippen LogP contribution in [0, 0.1) is 0 Å². The van der Waals surface area contributed by atoms with E-state index in [4.69, 9.17) is 15.2 Å². The van der Waals surface area contributed by atoms with Crippen molar-refractivity contribution in [2.24, 2.45) is 5.73 Å². The van der Waals surface area contributed by atoms with Crippen molar-refractivity contribution >= 4 is 5.97 Å². The second-order valence-corrected chi connectivity index (χ2v) is 4.02. The Morgan fingerprint density at radius 2 is 2.00 bits per heavy atom. The van der Waals surface area contributed by atoms with Gasteiger partial charge in [-0.3, -0.25) is 0 Å². The van der Waals surface area contributed by atoms with E-state index in [1.165, 1.54) is 0 Å². The second-order valence-electron chi connectivity index (χ2n) is 4.02. The lowest BCUT2D eigenvalue weighted by Gasteiger charge is -2.18. The van der Waals surface area contributed by atoms with Gasteiger partial charge in [-0.2, -0.15) is 0 Å². The topological polar surface area (TPSA) is 61.5 Å². The van der Waals surface area contributed by atoms with Gasteiger partial charge < -0.3 is 15.2 Å². The predicted octanol–water partition coefficient (Wildman–Crippen LogP) is 0.692. The highest BCUT2D eigenvalue weighted by molar-refractivity contribution is 5.70. The van der Waals surface area contributed by atoms with E-state index in [2.05, 4.69) is 0 Å². The molecule has 78 valence electrons. The molecule has 0 aliphatic carbocycles. The fourth-order valence-corrected chi connectivity index (χ4v) is 0.694. The average molecular weight is 189 g/mol. The minimum absolute atomic E-state index is 0.0290. The summed E-state index contributed by atoms with van der Waals surface area (Å²) in [5, 5.41) is 0. The first-order valence-corrected chi connectivity index (χ1v) is 4.37. The van der Waals surface area contributed by atoms with Crippen LogP contribution in [0.1, 0.15) is 27.7 Å². The number of hydrogen-bond acceptors (Lipinski definition) is 4. The molecule has 0 atom stereocenters. The molecule has 0 radical (unpaired) electrons. The van der Waals surface area contributed by atoms with Gasteiger partial charge in [0.25, 0.3) is 0 Å². The Morgan fingerprint density at radius 1 is 1.46 bits per heavy atom. The van der Waals surface area contributed by atoms with E-state index in [9.17, 15) is 4.79 Å². The molecule has 0 aliphatic rings. The standard InChI is InChI=1S/C9H19NO3/c1-7(2)13-8(11)5-12-6-9(3,4)10/h7H,5-6,10H2,1-4H3. The highest BCUT2D eigenvalue weighted by atomic mass is 16.6. The number of carbonyl (C=O) groups excluding carboxylic acids is 1. The molecule has 0 spiro atoms. The van der Waals surface area contributed by atoms with Crippen molar-refractivity contribution in [3.63, 3.8) is 0 Å². The lowest BCUT2D eigenvalue weighted by molar-refractivity contribution is -0.153. The summed E-state index contributed by atoms with van der Waals surface area (Å²) in [6, 6.07) is 0. The van der Waals surface area contributed by atoms with Crippen molar-refractivity contribution in [3.05, 3.63) is 0 Å². The van der Waals surface area contributed by atoms with Crippen molar-refractivity contribution in [2.75, 3.05) is 13.2 Å². The van der Waals surface area contributed by atoms with Crippen molar-refractivity contribution in [1.29, 1.82) is 0 Å². The van der Waals surface area contributed by atoms with Crippen molar-refractivity contribution in [3.8, 4) is 0 Å². The lowest BCUT2D eigenvalue weighted by Crippen LogP contribution is -2.38. The zero-order valence-electron chi connectivity index (χ0n) is 8.79. The van der Waals surface area contributed by atoms with Gasteiger partial charge in [-0.1, -0.05) is 0 Å². The molecule has 0 aliphatic heterocycles. The van der Waals surface area contributed by atoms with Crippen LogP contribution in [0.3, 0.4) is 0 Å². The molecule has 0 aromatic rings. The van der Waals surface area contributed by atoms with Crippen molar-refractivity contribution in [1.82, 2.24) is 0 Å². The van der Waals surface area contributed by atoms with Gasteiger partial charge in [-0.25, -0.2) is 4.79 Å². The third kappa shape index (κ3) is 9.30. The van der Waals surface area contributed by atoms with E-state index in [-0.39, 0.29) is 18.7 Å². The summed E-state index contributed by atoms with van der Waals surface area (Å²) in [5.41, 5.74) is 5.24. The maximum atomic E-state index is 11.0. The summed E-state index contributed by atoms with van der Waals surface area (Å²) in [7, 11) is 0. The SMILES string of the molecule is CC(C)OC(=O)COCC(C)(C)N. The van der Waals surface area contributed by atoms with Gasteiger partial charge in [-0.05, 0) is 27.7 Å². The van der Waals surface area contributed by atoms with Gasteiger partial charge in [-0.15, -0.1) is 0 Å². The van der Waals surface area contributed by atoms with Gasteiger partial charge in [0, 0.05) is 5.54 Å². The Morgan fingerprint density at radius 3 is 2.38 bits per heavy atom. The molecule has 0 unspecified atom stereocenters. The van der Waals surface area contributed by atoms with Crippen molar-refractivity contribution < 1.29 is 14.3 Å². The Bertz CT molecular complexity index is 161. The molecule has 0 rings (SSSR count). The largest absolute Gasteiger partial charge is 0.461 e. The monoisotopic (exact) mass is 189 g/mol. The molecule has 0 heterocycles. The molecular formula is C9H19NO3. The smallest absolute Gasteiger partial charge is 0.332 e. The Labute approximate surface area is 79.4 Å². The second kappa shape index (κ2) is 5.19. The molecule has 2 N–H and O–H groups in total. The van der Waals surface area contributed by atoms with Crippen molar-refractivity contribution in [2.45, 2.75) is 39.3 Å². The van der Waals surface area contributed by atoms with Gasteiger partial charge in [0.2, 0.25) is 0 Å². The summed E-state index contributed by atoms with van der Waals surface area (Å²) in [5.74, 6) is -0.348. The van der Waals surface area contributed by atoms with E-state index in [1.54, 1.807) is 13.8 Å². The normalized spacial score (nSPS) is 11.8. The number of esters is 1. The fraction of sp³-hybridized carbons (Fsp3) is 0.889. The molecule has 0 fully saturated rings. The first-order chi connectivity index (χ1) is 5.81. The van der Waals surface area contributed by atoms with E-state index >= 15 is 0 Å². The zero-order chi connectivity index (χ0) is 10.5. The maximum absolute atomic E-state index is 11.0. The molecule has 4 heteroatoms. The van der Waals surface area contributed by atoms with Crippen LogP contribution in [0.2, 0.25) is 0 Å². The van der Waals surface area contributed by atoms with Crippen LogP contribution < -0.4 is 5.73 Å². The molecule has 0 bridgehead atoms. The predicted molar refractivity (Wildman–Crippen MR) is 50.3 cm³/mol. The molecule has 0 aromatic heterocycles. The molecule has 0 saturated heterocycles. The van der Waals surface area contributed by atoms with Crippen LogP contribution >= 0.6 is 0 Å². The number of hydrogen-bond donors (Lipinski definition) is 1. The summed E-state index contributed by atoms with van der Waals surface area (Å²) < 4.78 is 9.92. The zero-order valence-corrected chi connectivity index (χ0v) is 8.79. The highest BCUT2D eigenvalue weighted by Gasteiger charge is 2.12. The summed E-state index contributed by atoms with van der Waals surface area (Å²) in [6.45, 7) is 7.58. The molecule has 13 heavy (non-hydrogen) atoms. The maximum Gasteiger partial charge on any atom is 0.332 e. The van der Waals surface area contributed by atoms with Crippen LogP contribution in [-0.4, -0.2) is 30.8 Å². The van der Waals surface area contributed by atoms with E-state index in [0.29, 0.717) is 6.61 Å². The van der Waals surface area contributed by atoms with Gasteiger partial charge in [0.15, 0.2) is 0 Å². The van der Waals surface area contributed by atoms with Gasteiger partial charge in [0.05, 0.1) is 12.7 Å². The third-order valence-corrected chi connectivity index (χ3v) is 1.06. The van der Waals surface area contributed by atoms with Crippen LogP contribution in [0.15, 0.2) is 0 Å². The molecule has 0 amide bonds. The van der Waals surface area contributed by atoms with Crippen LogP contribution in [0.5, 0.6) is 0 Å². The minimum Gasteiger partial charge on any atom is -0.461 e. The summed E-state index contributed by atoms with van der Waals surface area (Å²) >= 11 is 0. The van der Waals surface area contributed by atoms with Crippen LogP contribution in [-0.2, 0) is 14.3 Å². The molecule has 0 saturated carbocycles. The van der Waals surface area contributed by atoms with Crippen LogP contribution in [0.4, 0.5) is 0 Å². The number of rotatable bonds is 5. The van der Waals surface area contributed by atoms with E-state index in [1.807, 2.05) is 13.8 Å². The summed E-state index contributed by atoms with van der Waals surface area (Å²) in [4.78, 5) is 11.0. The molecular weight excluding hydrogens is 170 g/mol. The minimum atomic E-state index is -0.405. The Kier molecular flexibility index (Phi) is 4.95. The highest BCUT2D eigenvalue weighted by Crippen LogP contribution is 1.97. The third-order valence-electron chi connectivity index (χ3n) is 1.06. The lowest BCUT2D eigenvalue weighted by atomic mass is 10.1. The molecule has 0 aromatic carbocycles. The van der Waals surface area contributed by atoms with Crippen LogP contribution in [0.25, 0.3) is 0 Å². The van der Waals surface area contributed by atoms with E-state index in [0.717, 1.165) is 0 Å². The van der Waals surface area contributed by atoms with Gasteiger partial charge >= 0.3 is 5.97 Å². The average Bonchev–Trinajstić information content (AvgIpc) is 1.81. The first kappa shape index (κ1) is 12.4. The quantitative estimate of drug-likeness (QED) is 0.646. The number of carbonyl (C=O) groups is 1. The van der Waals surface area contributed by atoms with E-state index < -0.39 is 5.54 Å². The first-order valence-electron chi connectivity index (χ1n) is 4.37. The Hall–Kier alpha value is -0.610. The fourth-order valence-electron chi connectivity index (χ4n) is 0.694. The number of ether oxygens (including phenoxy) is 2. The number of nitrogens with two attached hydrogens (primary N) is 1.